The van der Waals surface area contributed by atoms with Crippen LogP contribution in [0.15, 0.2) is 77.9 Å². The van der Waals surface area contributed by atoms with Crippen LogP contribution >= 0.6 is 0 Å². The molecule has 0 radical (unpaired) electrons. The van der Waals surface area contributed by atoms with Crippen molar-refractivity contribution in [2.75, 3.05) is 36.8 Å². The third-order valence-corrected chi connectivity index (χ3v) is 7.95. The van der Waals surface area contributed by atoms with Crippen LogP contribution in [0.2, 0.25) is 0 Å². The molecule has 1 spiro atoms. The number of aryl methyl sites for hydroxylation is 2. The summed E-state index contributed by atoms with van der Waals surface area (Å²) in [4.78, 5) is 25.3. The summed E-state index contributed by atoms with van der Waals surface area (Å²) in [5.74, 6) is 1.49. The molecule has 0 saturated heterocycles. The van der Waals surface area contributed by atoms with Gasteiger partial charge in [-0.05, 0) is 74.7 Å². The first kappa shape index (κ1) is 26.6. The lowest BCUT2D eigenvalue weighted by Gasteiger charge is -2.44. The lowest BCUT2D eigenvalue weighted by Crippen LogP contribution is -2.48. The van der Waals surface area contributed by atoms with Crippen molar-refractivity contribution in [2.45, 2.75) is 33.2 Å². The molecule has 7 heteroatoms. The van der Waals surface area contributed by atoms with Gasteiger partial charge < -0.3 is 20.3 Å². The number of amides is 1. The summed E-state index contributed by atoms with van der Waals surface area (Å²) < 4.78 is 6.67. The number of ether oxygens (including phenoxy) is 1. The van der Waals surface area contributed by atoms with Gasteiger partial charge in [-0.3, -0.25) is 14.8 Å². The summed E-state index contributed by atoms with van der Waals surface area (Å²) in [5, 5.41) is 6.94. The molecule has 41 heavy (non-hydrogen) atoms. The molecular formula is C34H35N5O2. The van der Waals surface area contributed by atoms with Gasteiger partial charge in [0.15, 0.2) is 0 Å². The van der Waals surface area contributed by atoms with Crippen molar-refractivity contribution < 1.29 is 9.53 Å². The van der Waals surface area contributed by atoms with Gasteiger partial charge in [0.1, 0.15) is 17.0 Å². The Bertz CT molecular complexity index is 1590. The molecule has 208 valence electrons. The molecule has 0 fully saturated rings. The largest absolute Gasteiger partial charge is 0.456 e. The third kappa shape index (κ3) is 4.32. The number of hydrogen-bond acceptors (Lipinski definition) is 6. The Morgan fingerprint density at radius 2 is 1.51 bits per heavy atom. The highest BCUT2D eigenvalue weighted by Gasteiger charge is 2.56. The van der Waals surface area contributed by atoms with Crippen LogP contribution in [0.1, 0.15) is 57.7 Å². The highest BCUT2D eigenvalue weighted by Crippen LogP contribution is 2.58. The summed E-state index contributed by atoms with van der Waals surface area (Å²) in [5.41, 5.74) is 7.78. The average Bonchev–Trinajstić information content (AvgIpc) is 3.22. The van der Waals surface area contributed by atoms with Gasteiger partial charge >= 0.3 is 0 Å². The second kappa shape index (κ2) is 10.7. The molecule has 4 aromatic rings. The molecule has 3 heterocycles. The van der Waals surface area contributed by atoms with E-state index >= 15 is 0 Å². The second-order valence-electron chi connectivity index (χ2n) is 10.5. The number of aliphatic imine (C=N–C) groups is 1. The zero-order valence-electron chi connectivity index (χ0n) is 24.0. The molecule has 2 N–H and O–H groups in total. The standard InChI is InChI=1S/C34H35N5O2/c1-5-36-29-19-31-27(17-22(29)3)34(28-18-23(4)30(37-6-2)20-32(28)41-31)26-13-8-7-12-25(26)33(40)39(34)16-15-35-21-24-11-9-10-14-38-24/h7-14,17-21,36-37H,5-6,15-16H2,1-4H3. The van der Waals surface area contributed by atoms with Crippen LogP contribution in [0, 0.1) is 13.8 Å². The number of carbonyl (C=O) groups is 1. The number of benzene rings is 3. The van der Waals surface area contributed by atoms with E-state index in [1.165, 1.54) is 0 Å². The monoisotopic (exact) mass is 545 g/mol. The Morgan fingerprint density at radius 3 is 2.12 bits per heavy atom. The Morgan fingerprint density at radius 1 is 0.878 bits per heavy atom. The Balaban J connectivity index is 1.56. The second-order valence-corrected chi connectivity index (χ2v) is 10.5. The molecule has 0 saturated carbocycles. The predicted octanol–water partition coefficient (Wildman–Crippen LogP) is 6.53. The molecule has 3 aromatic carbocycles. The van der Waals surface area contributed by atoms with Crippen molar-refractivity contribution in [2.24, 2.45) is 4.99 Å². The maximum atomic E-state index is 14.3. The first-order valence-electron chi connectivity index (χ1n) is 14.3. The summed E-state index contributed by atoms with van der Waals surface area (Å²) in [6.07, 6.45) is 3.52. The maximum absolute atomic E-state index is 14.3. The SMILES string of the molecule is CCNc1cc2c(cc1C)C1(c3cc(C)c(NCC)cc3O2)c2ccccc2C(=O)N1CCN=Cc1ccccn1. The number of fused-ring (bicyclic) bond motifs is 6. The van der Waals surface area contributed by atoms with E-state index in [1.54, 1.807) is 12.4 Å². The number of pyridine rings is 1. The third-order valence-electron chi connectivity index (χ3n) is 7.95. The number of hydrogen-bond donors (Lipinski definition) is 2. The van der Waals surface area contributed by atoms with Crippen molar-refractivity contribution in [3.63, 3.8) is 0 Å². The van der Waals surface area contributed by atoms with Crippen LogP contribution in [-0.4, -0.2) is 48.2 Å². The average molecular weight is 546 g/mol. The van der Waals surface area contributed by atoms with E-state index in [1.807, 2.05) is 41.3 Å². The number of anilines is 2. The van der Waals surface area contributed by atoms with Gasteiger partial charge in [0.05, 0.1) is 12.2 Å². The predicted molar refractivity (Wildman–Crippen MR) is 165 cm³/mol. The fourth-order valence-corrected chi connectivity index (χ4v) is 6.18. The highest BCUT2D eigenvalue weighted by molar-refractivity contribution is 6.02. The Hall–Kier alpha value is -4.65. The topological polar surface area (TPSA) is 78.9 Å². The molecular weight excluding hydrogens is 510 g/mol. The minimum Gasteiger partial charge on any atom is -0.456 e. The van der Waals surface area contributed by atoms with E-state index < -0.39 is 5.54 Å². The Labute approximate surface area is 241 Å². The molecule has 0 unspecified atom stereocenters. The number of carbonyl (C=O) groups excluding carboxylic acids is 1. The van der Waals surface area contributed by atoms with E-state index in [0.717, 1.165) is 69.5 Å². The molecule has 2 aliphatic rings. The van der Waals surface area contributed by atoms with Crippen molar-refractivity contribution in [3.05, 3.63) is 112 Å². The lowest BCUT2D eigenvalue weighted by atomic mass is 9.73. The van der Waals surface area contributed by atoms with Crippen LogP contribution < -0.4 is 15.4 Å². The number of nitrogens with one attached hydrogen (secondary N) is 2. The van der Waals surface area contributed by atoms with Crippen molar-refractivity contribution in [1.82, 2.24) is 9.88 Å². The smallest absolute Gasteiger partial charge is 0.255 e. The summed E-state index contributed by atoms with van der Waals surface area (Å²) in [6, 6.07) is 22.2. The van der Waals surface area contributed by atoms with E-state index in [9.17, 15) is 4.79 Å². The highest BCUT2D eigenvalue weighted by atomic mass is 16.5. The molecule has 0 bridgehead atoms. The van der Waals surface area contributed by atoms with Gasteiger partial charge in [0, 0.05) is 72.2 Å². The van der Waals surface area contributed by atoms with E-state index in [4.69, 9.17) is 4.74 Å². The fourth-order valence-electron chi connectivity index (χ4n) is 6.18. The normalized spacial score (nSPS) is 14.5. The van der Waals surface area contributed by atoms with Gasteiger partial charge in [0.2, 0.25) is 0 Å². The molecule has 1 amide bonds. The summed E-state index contributed by atoms with van der Waals surface area (Å²) in [6.45, 7) is 10.8. The van der Waals surface area contributed by atoms with E-state index in [0.29, 0.717) is 18.7 Å². The molecule has 0 atom stereocenters. The number of aromatic nitrogens is 1. The molecule has 6 rings (SSSR count). The van der Waals surface area contributed by atoms with Crippen LogP contribution in [0.5, 0.6) is 11.5 Å². The number of rotatable bonds is 8. The van der Waals surface area contributed by atoms with Crippen LogP contribution in [0.25, 0.3) is 0 Å². The van der Waals surface area contributed by atoms with E-state index in [-0.39, 0.29) is 5.91 Å². The summed E-state index contributed by atoms with van der Waals surface area (Å²) >= 11 is 0. The number of nitrogens with zero attached hydrogens (tertiary/aromatic N) is 3. The first-order valence-corrected chi connectivity index (χ1v) is 14.3. The van der Waals surface area contributed by atoms with Crippen LogP contribution in [0.4, 0.5) is 11.4 Å². The molecule has 7 nitrogen and oxygen atoms in total. The van der Waals surface area contributed by atoms with Gasteiger partial charge in [-0.1, -0.05) is 24.3 Å². The van der Waals surface area contributed by atoms with Crippen molar-refractivity contribution >= 4 is 23.5 Å². The van der Waals surface area contributed by atoms with Crippen LogP contribution in [0.3, 0.4) is 0 Å². The van der Waals surface area contributed by atoms with Gasteiger partial charge in [-0.25, -0.2) is 0 Å². The molecule has 0 aliphatic carbocycles. The zero-order valence-corrected chi connectivity index (χ0v) is 24.0. The fraction of sp³-hybridized carbons (Fsp3) is 0.265. The van der Waals surface area contributed by atoms with E-state index in [2.05, 4.69) is 78.6 Å². The van der Waals surface area contributed by atoms with Crippen LogP contribution in [-0.2, 0) is 5.54 Å². The van der Waals surface area contributed by atoms with Gasteiger partial charge in [0.25, 0.3) is 5.91 Å². The van der Waals surface area contributed by atoms with Crippen molar-refractivity contribution in [3.8, 4) is 11.5 Å². The first-order chi connectivity index (χ1) is 20.0. The minimum absolute atomic E-state index is 0.00531. The molecule has 2 aliphatic heterocycles. The minimum atomic E-state index is -0.859. The van der Waals surface area contributed by atoms with Gasteiger partial charge in [-0.15, -0.1) is 0 Å². The van der Waals surface area contributed by atoms with Gasteiger partial charge in [-0.2, -0.15) is 0 Å². The molecule has 1 aromatic heterocycles. The maximum Gasteiger partial charge on any atom is 0.255 e. The lowest BCUT2D eigenvalue weighted by molar-refractivity contribution is 0.0673. The van der Waals surface area contributed by atoms with Crippen molar-refractivity contribution in [1.29, 1.82) is 0 Å². The zero-order chi connectivity index (χ0) is 28.6. The quantitative estimate of drug-likeness (QED) is 0.246. The summed E-state index contributed by atoms with van der Waals surface area (Å²) in [7, 11) is 0. The Kier molecular flexibility index (Phi) is 6.95.